The molecule has 0 unspecified atom stereocenters. The largest absolute Gasteiger partial charge is 0.461 e. The molecule has 0 aliphatic carbocycles. The molecule has 238 valence electrons. The molecular formula is C33H32ClF2N7O2S. The van der Waals surface area contributed by atoms with Crippen molar-refractivity contribution in [3.05, 3.63) is 40.4 Å². The highest BCUT2D eigenvalue weighted by molar-refractivity contribution is 7.23. The van der Waals surface area contributed by atoms with Crippen molar-refractivity contribution in [2.24, 2.45) is 5.41 Å². The molecule has 1 spiro atoms. The first-order valence-corrected chi connectivity index (χ1v) is 16.9. The number of ether oxygens (including phenoxy) is 1. The molecule has 2 N–H and O–H groups in total. The van der Waals surface area contributed by atoms with Crippen molar-refractivity contribution >= 4 is 61.2 Å². The van der Waals surface area contributed by atoms with Gasteiger partial charge in [-0.15, -0.1) is 11.3 Å². The summed E-state index contributed by atoms with van der Waals surface area (Å²) in [6.45, 7) is 5.19. The van der Waals surface area contributed by atoms with Crippen LogP contribution in [0.1, 0.15) is 44.1 Å². The van der Waals surface area contributed by atoms with Gasteiger partial charge in [-0.05, 0) is 69.3 Å². The fraction of sp³-hybridized carbons (Fsp3) is 0.455. The van der Waals surface area contributed by atoms with Crippen LogP contribution >= 0.6 is 22.9 Å². The second-order valence-electron chi connectivity index (χ2n) is 13.3. The number of halogens is 3. The van der Waals surface area contributed by atoms with Crippen LogP contribution in [-0.4, -0.2) is 77.6 Å². The zero-order valence-electron chi connectivity index (χ0n) is 25.1. The summed E-state index contributed by atoms with van der Waals surface area (Å²) >= 11 is 7.82. The molecule has 1 amide bonds. The first kappa shape index (κ1) is 29.6. The van der Waals surface area contributed by atoms with Crippen LogP contribution in [0.15, 0.2) is 18.2 Å². The molecule has 8 rings (SSSR count). The molecule has 0 radical (unpaired) electrons. The third-order valence-corrected chi connectivity index (χ3v) is 11.8. The maximum Gasteiger partial charge on any atom is 0.319 e. The van der Waals surface area contributed by atoms with Gasteiger partial charge in [0.25, 0.3) is 0 Å². The third-order valence-electron chi connectivity index (χ3n) is 10.5. The van der Waals surface area contributed by atoms with Crippen molar-refractivity contribution in [1.82, 2.24) is 19.8 Å². The van der Waals surface area contributed by atoms with Crippen molar-refractivity contribution < 1.29 is 18.3 Å². The van der Waals surface area contributed by atoms with Gasteiger partial charge in [0.15, 0.2) is 5.82 Å². The van der Waals surface area contributed by atoms with E-state index >= 15 is 4.39 Å². The van der Waals surface area contributed by atoms with Gasteiger partial charge in [-0.25, -0.2) is 8.78 Å². The molecule has 4 aromatic rings. The lowest BCUT2D eigenvalue weighted by molar-refractivity contribution is -0.129. The van der Waals surface area contributed by atoms with E-state index in [2.05, 4.69) is 20.9 Å². The number of anilines is 2. The van der Waals surface area contributed by atoms with Crippen molar-refractivity contribution in [1.29, 1.82) is 5.26 Å². The average Bonchev–Trinajstić information content (AvgIpc) is 3.72. The highest BCUT2D eigenvalue weighted by Crippen LogP contribution is 2.47. The fourth-order valence-electron chi connectivity index (χ4n) is 8.42. The number of thiophene rings is 1. The van der Waals surface area contributed by atoms with Crippen LogP contribution in [0.2, 0.25) is 5.02 Å². The Balaban J connectivity index is 1.28. The normalized spacial score (nSPS) is 20.3. The van der Waals surface area contributed by atoms with Crippen LogP contribution in [-0.2, 0) is 4.79 Å². The molecule has 46 heavy (non-hydrogen) atoms. The van der Waals surface area contributed by atoms with Crippen LogP contribution in [0.3, 0.4) is 0 Å². The summed E-state index contributed by atoms with van der Waals surface area (Å²) in [6.07, 6.45) is 7.06. The number of amides is 1. The summed E-state index contributed by atoms with van der Waals surface area (Å²) in [4.78, 5) is 27.3. The van der Waals surface area contributed by atoms with E-state index in [0.29, 0.717) is 44.0 Å². The van der Waals surface area contributed by atoms with Gasteiger partial charge >= 0.3 is 6.01 Å². The number of carbonyl (C=O) groups excluding carboxylic acids is 1. The summed E-state index contributed by atoms with van der Waals surface area (Å²) in [5.41, 5.74) is 6.35. The van der Waals surface area contributed by atoms with Crippen LogP contribution in [0.25, 0.3) is 32.1 Å². The molecule has 4 aliphatic heterocycles. The number of nitrogen functional groups attached to an aromatic ring is 1. The number of nitrogens with two attached hydrogens (primary N) is 1. The van der Waals surface area contributed by atoms with Gasteiger partial charge in [0.1, 0.15) is 34.8 Å². The van der Waals surface area contributed by atoms with Gasteiger partial charge in [0.2, 0.25) is 6.41 Å². The van der Waals surface area contributed by atoms with Gasteiger partial charge in [-0.1, -0.05) is 17.7 Å². The molecule has 9 nitrogen and oxygen atoms in total. The molecule has 4 fully saturated rings. The summed E-state index contributed by atoms with van der Waals surface area (Å²) in [7, 11) is 0. The van der Waals surface area contributed by atoms with E-state index in [1.54, 1.807) is 11.0 Å². The van der Waals surface area contributed by atoms with Gasteiger partial charge in [0, 0.05) is 47.9 Å². The molecule has 4 aliphatic rings. The number of rotatable bonds is 6. The minimum Gasteiger partial charge on any atom is -0.461 e. The Kier molecular flexibility index (Phi) is 7.01. The Bertz CT molecular complexity index is 1950. The van der Waals surface area contributed by atoms with Gasteiger partial charge in [-0.3, -0.25) is 9.69 Å². The minimum absolute atomic E-state index is 0.0103. The summed E-state index contributed by atoms with van der Waals surface area (Å²) < 4.78 is 38.4. The van der Waals surface area contributed by atoms with E-state index < -0.39 is 11.6 Å². The number of carbonyl (C=O) groups is 1. The summed E-state index contributed by atoms with van der Waals surface area (Å²) in [5.74, 6) is -0.725. The van der Waals surface area contributed by atoms with Gasteiger partial charge in [0.05, 0.1) is 20.8 Å². The monoisotopic (exact) mass is 663 g/mol. The predicted octanol–water partition coefficient (Wildman–Crippen LogP) is 5.96. The first-order valence-electron chi connectivity index (χ1n) is 15.7. The zero-order chi connectivity index (χ0) is 31.8. The fourth-order valence-corrected chi connectivity index (χ4v) is 9.66. The van der Waals surface area contributed by atoms with E-state index in [1.165, 1.54) is 12.1 Å². The van der Waals surface area contributed by atoms with E-state index in [-0.39, 0.29) is 59.3 Å². The summed E-state index contributed by atoms with van der Waals surface area (Å²) in [6, 6.07) is 6.46. The number of aromatic nitrogens is 2. The number of nitriles is 1. The molecule has 13 heteroatoms. The zero-order valence-corrected chi connectivity index (χ0v) is 26.7. The molecule has 0 saturated carbocycles. The van der Waals surface area contributed by atoms with Crippen molar-refractivity contribution in [2.75, 3.05) is 56.5 Å². The Hall–Kier alpha value is -3.79. The van der Waals surface area contributed by atoms with E-state index in [9.17, 15) is 14.4 Å². The lowest BCUT2D eigenvalue weighted by Gasteiger charge is -2.53. The topological polar surface area (TPSA) is 112 Å². The number of hydrogen-bond acceptors (Lipinski definition) is 9. The lowest BCUT2D eigenvalue weighted by atomic mass is 9.73. The maximum atomic E-state index is 17.0. The molecule has 0 bridgehead atoms. The third kappa shape index (κ3) is 4.50. The maximum absolute atomic E-state index is 17.0. The molecule has 2 aromatic heterocycles. The van der Waals surface area contributed by atoms with Crippen LogP contribution < -0.4 is 15.4 Å². The highest BCUT2D eigenvalue weighted by atomic mass is 35.5. The van der Waals surface area contributed by atoms with E-state index in [0.717, 1.165) is 69.4 Å². The second-order valence-corrected chi connectivity index (χ2v) is 14.7. The molecule has 0 atom stereocenters. The van der Waals surface area contributed by atoms with Crippen molar-refractivity contribution in [3.8, 4) is 23.2 Å². The van der Waals surface area contributed by atoms with Crippen LogP contribution in [0.5, 0.6) is 6.01 Å². The number of benzene rings is 2. The average molecular weight is 664 g/mol. The minimum atomic E-state index is -0.707. The smallest absolute Gasteiger partial charge is 0.319 e. The number of nitrogens with zero attached hydrogens (tertiary/aromatic N) is 6. The SMILES string of the molecule is N#Cc1c(N)sc2c(F)ccc(-c3c(Cl)cc4c(N5CCCC6(CN(C=O)C6)C5)nc(OCC56CCCN5CCC6)nc4c3F)c12. The van der Waals surface area contributed by atoms with Crippen molar-refractivity contribution in [3.63, 3.8) is 0 Å². The second kappa shape index (κ2) is 10.9. The standard InChI is InChI=1S/C33H32ClF2N7O2S/c34-22-12-20-27(26(36)25(22)19-4-5-23(35)28-24(19)21(13-37)29(38)46-28)39-31(45-17-33-7-2-10-43(33)11-3-8-33)40-30(20)42-9-1-6-32(16-42)14-41(15-32)18-44/h4-5,12,18H,1-3,6-11,14-17,38H2. The summed E-state index contributed by atoms with van der Waals surface area (Å²) in [5, 5.41) is 10.8. The van der Waals surface area contributed by atoms with Gasteiger partial charge in [-0.2, -0.15) is 15.2 Å². The highest BCUT2D eigenvalue weighted by Gasteiger charge is 2.47. The Morgan fingerprint density at radius 3 is 2.61 bits per heavy atom. The van der Waals surface area contributed by atoms with E-state index in [1.807, 2.05) is 0 Å². The molecular weight excluding hydrogens is 632 g/mol. The molecule has 2 aromatic carbocycles. The Morgan fingerprint density at radius 1 is 1.11 bits per heavy atom. The Morgan fingerprint density at radius 2 is 1.87 bits per heavy atom. The number of fused-ring (bicyclic) bond motifs is 3. The molecule has 4 saturated heterocycles. The molecule has 6 heterocycles. The predicted molar refractivity (Wildman–Crippen MR) is 174 cm³/mol. The van der Waals surface area contributed by atoms with Crippen LogP contribution in [0.4, 0.5) is 19.6 Å². The Labute approximate surface area is 273 Å². The van der Waals surface area contributed by atoms with Gasteiger partial charge < -0.3 is 20.3 Å². The first-order chi connectivity index (χ1) is 22.2. The number of likely N-dealkylation sites (tertiary alicyclic amines) is 1. The van der Waals surface area contributed by atoms with Crippen molar-refractivity contribution in [2.45, 2.75) is 44.1 Å². The van der Waals surface area contributed by atoms with E-state index in [4.69, 9.17) is 27.1 Å². The number of hydrogen-bond donors (Lipinski definition) is 1. The van der Waals surface area contributed by atoms with Crippen LogP contribution in [0, 0.1) is 28.4 Å². The number of piperidine rings is 1. The lowest BCUT2D eigenvalue weighted by Crippen LogP contribution is -2.62. The quantitative estimate of drug-likeness (QED) is 0.252.